The largest absolute Gasteiger partial charge is 0.573 e. The summed E-state index contributed by atoms with van der Waals surface area (Å²) in [6.45, 7) is 4.02. The molecule has 0 bridgehead atoms. The van der Waals surface area contributed by atoms with Crippen molar-refractivity contribution in [2.24, 2.45) is 27.4 Å². The Morgan fingerprint density at radius 2 is 1.92 bits per heavy atom. The lowest BCUT2D eigenvalue weighted by Crippen LogP contribution is -2.44. The van der Waals surface area contributed by atoms with E-state index in [0.29, 0.717) is 17.4 Å². The lowest BCUT2D eigenvalue weighted by atomic mass is 10.0. The van der Waals surface area contributed by atoms with Gasteiger partial charge in [0, 0.05) is 13.1 Å². The lowest BCUT2D eigenvalue weighted by molar-refractivity contribution is -0.274. The first kappa shape index (κ1) is 21.9. The number of ether oxygens (including phenoxy) is 1. The van der Waals surface area contributed by atoms with Crippen LogP contribution in [0.1, 0.15) is 25.3 Å². The molecule has 1 fully saturated rings. The van der Waals surface area contributed by atoms with Gasteiger partial charge in [0.05, 0.1) is 6.54 Å². The maximum absolute atomic E-state index is 12.1. The summed E-state index contributed by atoms with van der Waals surface area (Å²) in [5, 5.41) is 0. The van der Waals surface area contributed by atoms with Crippen molar-refractivity contribution in [3.63, 3.8) is 0 Å². The molecule has 0 amide bonds. The van der Waals surface area contributed by atoms with Gasteiger partial charge >= 0.3 is 6.36 Å². The van der Waals surface area contributed by atoms with E-state index >= 15 is 0 Å². The molecule has 26 heavy (non-hydrogen) atoms. The van der Waals surface area contributed by atoms with Crippen LogP contribution in [-0.2, 0) is 6.54 Å². The third-order valence-corrected chi connectivity index (χ3v) is 3.79. The molecule has 0 aliphatic carbocycles. The highest BCUT2D eigenvalue weighted by atomic mass is 35.5. The lowest BCUT2D eigenvalue weighted by Gasteiger charge is -2.31. The van der Waals surface area contributed by atoms with E-state index < -0.39 is 6.36 Å². The van der Waals surface area contributed by atoms with Gasteiger partial charge in [-0.05, 0) is 36.5 Å². The van der Waals surface area contributed by atoms with Crippen molar-refractivity contribution in [2.45, 2.75) is 32.7 Å². The summed E-state index contributed by atoms with van der Waals surface area (Å²) < 4.78 is 40.1. The van der Waals surface area contributed by atoms with E-state index in [9.17, 15) is 13.2 Å². The molecule has 1 aliphatic heterocycles. The summed E-state index contributed by atoms with van der Waals surface area (Å²) in [6.07, 6.45) is -2.48. The summed E-state index contributed by atoms with van der Waals surface area (Å²) in [5.74, 6) is 0.640. The van der Waals surface area contributed by atoms with E-state index in [1.807, 2.05) is 4.90 Å². The van der Waals surface area contributed by atoms with Gasteiger partial charge in [0.1, 0.15) is 5.75 Å². The molecular weight excluding hydrogens is 371 g/mol. The molecule has 0 spiro atoms. The molecule has 1 unspecified atom stereocenters. The van der Waals surface area contributed by atoms with Crippen LogP contribution in [0.3, 0.4) is 0 Å². The van der Waals surface area contributed by atoms with Gasteiger partial charge in [0.15, 0.2) is 5.96 Å². The SMILES string of the molecule is CC1CCCN(C(N)=NC(N)=NCc2ccc(OC(F)(F)F)cc2)C1.Cl. The number of guanidine groups is 2. The second-order valence-corrected chi connectivity index (χ2v) is 6.03. The standard InChI is InChI=1S/C16H22F3N5O.ClH/c1-11-3-2-8-24(10-11)15(21)23-14(20)22-9-12-4-6-13(7-5-12)25-16(17,18)19;/h4-7,11H,2-3,8-10H2,1H3,(H4,20,21,22,23);1H. The maximum atomic E-state index is 12.1. The number of aliphatic imine (C=N–C) groups is 2. The average Bonchev–Trinajstić information content (AvgIpc) is 2.53. The van der Waals surface area contributed by atoms with Crippen molar-refractivity contribution in [3.05, 3.63) is 29.8 Å². The predicted molar refractivity (Wildman–Crippen MR) is 97.3 cm³/mol. The Hall–Kier alpha value is -2.16. The molecule has 0 saturated carbocycles. The van der Waals surface area contributed by atoms with E-state index in [0.717, 1.165) is 19.5 Å². The fraction of sp³-hybridized carbons (Fsp3) is 0.500. The highest BCUT2D eigenvalue weighted by Gasteiger charge is 2.30. The molecule has 0 radical (unpaired) electrons. The van der Waals surface area contributed by atoms with E-state index in [-0.39, 0.29) is 30.7 Å². The van der Waals surface area contributed by atoms with Crippen LogP contribution in [0.5, 0.6) is 5.75 Å². The number of rotatable bonds is 3. The summed E-state index contributed by atoms with van der Waals surface area (Å²) >= 11 is 0. The van der Waals surface area contributed by atoms with E-state index in [2.05, 4.69) is 21.6 Å². The van der Waals surface area contributed by atoms with Gasteiger partial charge in [-0.3, -0.25) is 0 Å². The molecule has 1 aromatic carbocycles. The first-order valence-corrected chi connectivity index (χ1v) is 7.96. The van der Waals surface area contributed by atoms with Crippen molar-refractivity contribution in [2.75, 3.05) is 13.1 Å². The van der Waals surface area contributed by atoms with E-state index in [4.69, 9.17) is 11.5 Å². The first-order chi connectivity index (χ1) is 11.7. The second-order valence-electron chi connectivity index (χ2n) is 6.03. The molecule has 4 N–H and O–H groups in total. The molecular formula is C16H23ClF3N5O. The summed E-state index contributed by atoms with van der Waals surface area (Å²) in [7, 11) is 0. The second kappa shape index (κ2) is 9.51. The van der Waals surface area contributed by atoms with Crippen molar-refractivity contribution in [1.82, 2.24) is 4.90 Å². The minimum absolute atomic E-state index is 0. The van der Waals surface area contributed by atoms with Gasteiger partial charge in [-0.15, -0.1) is 25.6 Å². The number of hydrogen-bond donors (Lipinski definition) is 2. The number of nitrogens with zero attached hydrogens (tertiary/aromatic N) is 3. The number of piperidine rings is 1. The van der Waals surface area contributed by atoms with Crippen LogP contribution in [-0.4, -0.2) is 36.3 Å². The maximum Gasteiger partial charge on any atom is 0.573 e. The number of halogens is 4. The third kappa shape index (κ3) is 7.38. The Kier molecular flexibility index (Phi) is 8.01. The van der Waals surface area contributed by atoms with Crippen LogP contribution in [0.15, 0.2) is 34.3 Å². The minimum Gasteiger partial charge on any atom is -0.406 e. The van der Waals surface area contributed by atoms with Gasteiger partial charge < -0.3 is 21.1 Å². The quantitative estimate of drug-likeness (QED) is 0.610. The number of benzene rings is 1. The van der Waals surface area contributed by atoms with E-state index in [1.165, 1.54) is 30.7 Å². The molecule has 1 aromatic rings. The van der Waals surface area contributed by atoms with Crippen LogP contribution in [0.25, 0.3) is 0 Å². The van der Waals surface area contributed by atoms with Crippen LogP contribution in [0, 0.1) is 5.92 Å². The number of alkyl halides is 3. The highest BCUT2D eigenvalue weighted by Crippen LogP contribution is 2.22. The number of likely N-dealkylation sites (tertiary alicyclic amines) is 1. The van der Waals surface area contributed by atoms with Crippen LogP contribution >= 0.6 is 12.4 Å². The molecule has 1 saturated heterocycles. The average molecular weight is 394 g/mol. The first-order valence-electron chi connectivity index (χ1n) is 7.96. The Balaban J connectivity index is 0.00000338. The molecule has 1 atom stereocenters. The van der Waals surface area contributed by atoms with Gasteiger partial charge in [-0.2, -0.15) is 4.99 Å². The number of nitrogens with two attached hydrogens (primary N) is 2. The predicted octanol–water partition coefficient (Wildman–Crippen LogP) is 2.87. The Labute approximate surface area is 156 Å². The van der Waals surface area contributed by atoms with Crippen molar-refractivity contribution in [3.8, 4) is 5.75 Å². The molecule has 2 rings (SSSR count). The Morgan fingerprint density at radius 3 is 2.50 bits per heavy atom. The summed E-state index contributed by atoms with van der Waals surface area (Å²) in [5.41, 5.74) is 12.4. The zero-order valence-electron chi connectivity index (χ0n) is 14.4. The summed E-state index contributed by atoms with van der Waals surface area (Å²) in [6, 6.07) is 5.41. The molecule has 0 aromatic heterocycles. The van der Waals surface area contributed by atoms with Crippen LogP contribution in [0.4, 0.5) is 13.2 Å². The van der Waals surface area contributed by atoms with Gasteiger partial charge in [0.2, 0.25) is 5.96 Å². The van der Waals surface area contributed by atoms with Gasteiger partial charge in [-0.1, -0.05) is 19.1 Å². The monoisotopic (exact) mass is 393 g/mol. The Morgan fingerprint density at radius 1 is 1.27 bits per heavy atom. The third-order valence-electron chi connectivity index (χ3n) is 3.79. The molecule has 1 aliphatic rings. The van der Waals surface area contributed by atoms with Crippen molar-refractivity contribution in [1.29, 1.82) is 0 Å². The minimum atomic E-state index is -4.71. The summed E-state index contributed by atoms with van der Waals surface area (Å²) in [4.78, 5) is 10.2. The molecule has 10 heteroatoms. The highest BCUT2D eigenvalue weighted by molar-refractivity contribution is 5.93. The van der Waals surface area contributed by atoms with Crippen LogP contribution < -0.4 is 16.2 Å². The fourth-order valence-electron chi connectivity index (χ4n) is 2.59. The van der Waals surface area contributed by atoms with E-state index in [1.54, 1.807) is 0 Å². The molecule has 6 nitrogen and oxygen atoms in total. The smallest absolute Gasteiger partial charge is 0.406 e. The normalized spacial score (nSPS) is 19.1. The van der Waals surface area contributed by atoms with Crippen LogP contribution in [0.2, 0.25) is 0 Å². The zero-order valence-corrected chi connectivity index (χ0v) is 15.2. The van der Waals surface area contributed by atoms with Gasteiger partial charge in [-0.25, -0.2) is 4.99 Å². The van der Waals surface area contributed by atoms with Gasteiger partial charge in [0.25, 0.3) is 0 Å². The molecule has 1 heterocycles. The topological polar surface area (TPSA) is 89.2 Å². The van der Waals surface area contributed by atoms with Crippen molar-refractivity contribution < 1.29 is 17.9 Å². The molecule has 146 valence electrons. The van der Waals surface area contributed by atoms with Crippen molar-refractivity contribution >= 4 is 24.3 Å². The number of hydrogen-bond acceptors (Lipinski definition) is 2. The fourth-order valence-corrected chi connectivity index (χ4v) is 2.59. The zero-order chi connectivity index (χ0) is 18.4. The Bertz CT molecular complexity index is 634.